The van der Waals surface area contributed by atoms with Gasteiger partial charge >= 0.3 is 5.91 Å². The Labute approximate surface area is 120 Å². The minimum Gasteiger partial charge on any atom is -0.451 e. The van der Waals surface area contributed by atoms with Crippen molar-refractivity contribution >= 4 is 29.1 Å². The molecule has 1 N–H and O–H groups in total. The molecule has 2 rings (SSSR count). The Morgan fingerprint density at radius 1 is 1.21 bits per heavy atom. The highest BCUT2D eigenvalue weighted by Gasteiger charge is 2.14. The first-order valence-electron chi connectivity index (χ1n) is 5.51. The van der Waals surface area contributed by atoms with Crippen molar-refractivity contribution in [2.75, 3.05) is 14.1 Å². The van der Waals surface area contributed by atoms with E-state index in [2.05, 4.69) is 5.43 Å². The summed E-state index contributed by atoms with van der Waals surface area (Å²) in [6.07, 6.45) is 0. The Bertz CT molecular complexity index is 608. The van der Waals surface area contributed by atoms with Gasteiger partial charge in [-0.1, -0.05) is 23.2 Å². The first-order valence-corrected chi connectivity index (χ1v) is 6.26. The summed E-state index contributed by atoms with van der Waals surface area (Å²) >= 11 is 12.0. The summed E-state index contributed by atoms with van der Waals surface area (Å²) < 4.78 is 5.49. The third-order valence-corrected chi connectivity index (χ3v) is 2.91. The van der Waals surface area contributed by atoms with Crippen LogP contribution in [0, 0.1) is 0 Å². The van der Waals surface area contributed by atoms with Crippen LogP contribution >= 0.6 is 23.2 Å². The van der Waals surface area contributed by atoms with Gasteiger partial charge in [-0.05, 0) is 30.3 Å². The molecule has 0 atom stereocenters. The zero-order valence-corrected chi connectivity index (χ0v) is 11.9. The standard InChI is InChI=1S/C13H12Cl2N2O2/c1-17(2)16-13(18)12-6-5-11(19-12)9-7-8(14)3-4-10(9)15/h3-7H,1-2H3,(H,16,18). The number of furan rings is 1. The van der Waals surface area contributed by atoms with E-state index < -0.39 is 0 Å². The van der Waals surface area contributed by atoms with Gasteiger partial charge in [0.2, 0.25) is 0 Å². The van der Waals surface area contributed by atoms with Crippen molar-refractivity contribution < 1.29 is 9.21 Å². The van der Waals surface area contributed by atoms with Crippen molar-refractivity contribution in [2.45, 2.75) is 0 Å². The van der Waals surface area contributed by atoms with E-state index in [4.69, 9.17) is 27.6 Å². The molecule has 1 heterocycles. The molecule has 0 bridgehead atoms. The molecule has 100 valence electrons. The molecule has 1 aromatic carbocycles. The molecule has 2 aromatic rings. The third-order valence-electron chi connectivity index (χ3n) is 2.35. The molecule has 19 heavy (non-hydrogen) atoms. The van der Waals surface area contributed by atoms with Gasteiger partial charge in [0.05, 0.1) is 5.02 Å². The maximum atomic E-state index is 11.7. The molecule has 4 nitrogen and oxygen atoms in total. The van der Waals surface area contributed by atoms with Crippen LogP contribution in [-0.4, -0.2) is 25.0 Å². The van der Waals surface area contributed by atoms with E-state index in [1.807, 2.05) is 0 Å². The van der Waals surface area contributed by atoms with Crippen molar-refractivity contribution in [3.05, 3.63) is 46.1 Å². The summed E-state index contributed by atoms with van der Waals surface area (Å²) in [4.78, 5) is 11.7. The van der Waals surface area contributed by atoms with E-state index in [0.29, 0.717) is 21.4 Å². The first-order chi connectivity index (χ1) is 8.97. The average molecular weight is 299 g/mol. The van der Waals surface area contributed by atoms with Gasteiger partial charge < -0.3 is 4.42 Å². The van der Waals surface area contributed by atoms with E-state index in [0.717, 1.165) is 0 Å². The number of nitrogens with zero attached hydrogens (tertiary/aromatic N) is 1. The second kappa shape index (κ2) is 5.65. The fourth-order valence-corrected chi connectivity index (χ4v) is 1.93. The highest BCUT2D eigenvalue weighted by Crippen LogP contribution is 2.31. The topological polar surface area (TPSA) is 45.5 Å². The van der Waals surface area contributed by atoms with Crippen molar-refractivity contribution in [3.63, 3.8) is 0 Å². The zero-order chi connectivity index (χ0) is 14.0. The highest BCUT2D eigenvalue weighted by atomic mass is 35.5. The molecule has 0 unspecified atom stereocenters. The predicted molar refractivity (Wildman–Crippen MR) is 75.3 cm³/mol. The number of rotatable bonds is 3. The Balaban J connectivity index is 2.30. The lowest BCUT2D eigenvalue weighted by atomic mass is 10.2. The van der Waals surface area contributed by atoms with Crippen LogP contribution < -0.4 is 5.43 Å². The molecule has 0 radical (unpaired) electrons. The van der Waals surface area contributed by atoms with E-state index in [9.17, 15) is 4.79 Å². The second-order valence-corrected chi connectivity index (χ2v) is 4.97. The first kappa shape index (κ1) is 13.9. The van der Waals surface area contributed by atoms with Crippen LogP contribution in [0.5, 0.6) is 0 Å². The number of amides is 1. The van der Waals surface area contributed by atoms with Crippen LogP contribution in [0.2, 0.25) is 10.0 Å². The number of carbonyl (C=O) groups is 1. The zero-order valence-electron chi connectivity index (χ0n) is 10.4. The lowest BCUT2D eigenvalue weighted by Crippen LogP contribution is -2.35. The molecule has 0 aliphatic heterocycles. The molecular weight excluding hydrogens is 287 g/mol. The van der Waals surface area contributed by atoms with Crippen LogP contribution in [0.25, 0.3) is 11.3 Å². The van der Waals surface area contributed by atoms with Crippen LogP contribution in [0.3, 0.4) is 0 Å². The van der Waals surface area contributed by atoms with E-state index in [1.165, 1.54) is 5.01 Å². The summed E-state index contributed by atoms with van der Waals surface area (Å²) in [5.74, 6) is 0.380. The molecule has 0 aliphatic carbocycles. The van der Waals surface area contributed by atoms with Gasteiger partial charge in [-0.2, -0.15) is 0 Å². The quantitative estimate of drug-likeness (QED) is 0.883. The predicted octanol–water partition coefficient (Wildman–Crippen LogP) is 3.46. The fourth-order valence-electron chi connectivity index (χ4n) is 1.55. The van der Waals surface area contributed by atoms with Gasteiger partial charge in [0.15, 0.2) is 5.76 Å². The number of benzene rings is 1. The number of hydrogen-bond acceptors (Lipinski definition) is 3. The van der Waals surface area contributed by atoms with Crippen molar-refractivity contribution in [1.29, 1.82) is 0 Å². The minimum atomic E-state index is -0.325. The largest absolute Gasteiger partial charge is 0.451 e. The number of hydrazine groups is 1. The molecule has 0 saturated heterocycles. The van der Waals surface area contributed by atoms with Gasteiger partial charge in [0, 0.05) is 24.7 Å². The van der Waals surface area contributed by atoms with Gasteiger partial charge in [-0.25, -0.2) is 5.01 Å². The highest BCUT2D eigenvalue weighted by molar-refractivity contribution is 6.35. The molecule has 1 aromatic heterocycles. The summed E-state index contributed by atoms with van der Waals surface area (Å²) in [7, 11) is 3.44. The fraction of sp³-hybridized carbons (Fsp3) is 0.154. The summed E-state index contributed by atoms with van der Waals surface area (Å²) in [6.45, 7) is 0. The Morgan fingerprint density at radius 3 is 2.63 bits per heavy atom. The van der Waals surface area contributed by atoms with Crippen LogP contribution in [0.15, 0.2) is 34.7 Å². The van der Waals surface area contributed by atoms with E-state index in [-0.39, 0.29) is 11.7 Å². The lowest BCUT2D eigenvalue weighted by Gasteiger charge is -2.09. The van der Waals surface area contributed by atoms with Gasteiger partial charge in [-0.15, -0.1) is 0 Å². The molecule has 0 fully saturated rings. The van der Waals surface area contributed by atoms with Crippen molar-refractivity contribution in [3.8, 4) is 11.3 Å². The summed E-state index contributed by atoms with van der Waals surface area (Å²) in [5, 5.41) is 2.60. The number of nitrogens with one attached hydrogen (secondary N) is 1. The molecular formula is C13H12Cl2N2O2. The van der Waals surface area contributed by atoms with Crippen LogP contribution in [-0.2, 0) is 0 Å². The van der Waals surface area contributed by atoms with Crippen LogP contribution in [0.4, 0.5) is 0 Å². The Morgan fingerprint density at radius 2 is 1.95 bits per heavy atom. The van der Waals surface area contributed by atoms with Crippen molar-refractivity contribution in [2.24, 2.45) is 0 Å². The van der Waals surface area contributed by atoms with Crippen molar-refractivity contribution in [1.82, 2.24) is 10.4 Å². The molecule has 1 amide bonds. The third kappa shape index (κ3) is 3.29. The summed E-state index contributed by atoms with van der Waals surface area (Å²) in [6, 6.07) is 8.33. The Hall–Kier alpha value is -1.49. The number of hydrogen-bond donors (Lipinski definition) is 1. The minimum absolute atomic E-state index is 0.208. The molecule has 0 saturated carbocycles. The number of carbonyl (C=O) groups excluding carboxylic acids is 1. The monoisotopic (exact) mass is 298 g/mol. The SMILES string of the molecule is CN(C)NC(=O)c1ccc(-c2cc(Cl)ccc2Cl)o1. The van der Waals surface area contributed by atoms with E-state index in [1.54, 1.807) is 44.4 Å². The Kier molecular flexibility index (Phi) is 4.14. The smallest absolute Gasteiger partial charge is 0.301 e. The molecule has 0 aliphatic rings. The van der Waals surface area contributed by atoms with Gasteiger partial charge in [0.1, 0.15) is 5.76 Å². The second-order valence-electron chi connectivity index (χ2n) is 4.12. The van der Waals surface area contributed by atoms with E-state index >= 15 is 0 Å². The average Bonchev–Trinajstić information content (AvgIpc) is 2.80. The molecule has 0 spiro atoms. The normalized spacial score (nSPS) is 10.8. The summed E-state index contributed by atoms with van der Waals surface area (Å²) in [5.41, 5.74) is 3.24. The maximum absolute atomic E-state index is 11.7. The molecule has 6 heteroatoms. The maximum Gasteiger partial charge on any atom is 0.301 e. The van der Waals surface area contributed by atoms with Gasteiger partial charge in [-0.3, -0.25) is 10.2 Å². The lowest BCUT2D eigenvalue weighted by molar-refractivity contribution is 0.0828. The van der Waals surface area contributed by atoms with Crippen LogP contribution in [0.1, 0.15) is 10.6 Å². The number of halogens is 2. The van der Waals surface area contributed by atoms with Gasteiger partial charge in [0.25, 0.3) is 0 Å².